The van der Waals surface area contributed by atoms with Gasteiger partial charge in [-0.2, -0.15) is 0 Å². The zero-order chi connectivity index (χ0) is 33.4. The minimum atomic E-state index is -1.12. The van der Waals surface area contributed by atoms with E-state index in [9.17, 15) is 23.6 Å². The maximum absolute atomic E-state index is 14.7. The number of likely N-dealkylation sites (N-methyl/N-ethyl adjacent to an activating group) is 1. The van der Waals surface area contributed by atoms with Crippen LogP contribution >= 0.6 is 0 Å². The largest absolute Gasteiger partial charge is 0.438 e. The summed E-state index contributed by atoms with van der Waals surface area (Å²) in [4.78, 5) is 66.1. The summed E-state index contributed by atoms with van der Waals surface area (Å²) in [5.74, 6) is -0.259. The van der Waals surface area contributed by atoms with E-state index in [2.05, 4.69) is 15.0 Å². The number of fused-ring (bicyclic) bond motifs is 1. The van der Waals surface area contributed by atoms with Gasteiger partial charge in [0.15, 0.2) is 17.7 Å². The maximum atomic E-state index is 14.7. The number of allylic oxidation sites excluding steroid dienone is 1. The zero-order valence-electron chi connectivity index (χ0n) is 27.5. The minimum Gasteiger partial charge on any atom is -0.438 e. The number of aromatic amines is 1. The van der Waals surface area contributed by atoms with Crippen LogP contribution in [0.25, 0.3) is 11.0 Å². The molecule has 0 aliphatic heterocycles. The SMILES string of the molecule is CC(C)Cc1ncc(F)c2nc(Cn3c(CC(C)C)ccc(CC(=O)[C@H](CC/C=C/C(=O)N(C)C)OC(=O)N(C)C)c3=O)[nH]c12. The van der Waals surface area contributed by atoms with Gasteiger partial charge in [0.05, 0.1) is 24.0 Å². The topological polar surface area (TPSA) is 130 Å². The number of pyridine rings is 2. The van der Waals surface area contributed by atoms with Gasteiger partial charge in [0.25, 0.3) is 5.56 Å². The molecule has 45 heavy (non-hydrogen) atoms. The van der Waals surface area contributed by atoms with Crippen LogP contribution in [0.5, 0.6) is 0 Å². The lowest BCUT2D eigenvalue weighted by Gasteiger charge is -2.20. The molecule has 0 saturated heterocycles. The Bertz CT molecular complexity index is 1600. The van der Waals surface area contributed by atoms with E-state index >= 15 is 0 Å². The number of H-pyrrole nitrogens is 1. The molecule has 0 aliphatic rings. The molecule has 0 aromatic carbocycles. The molecule has 3 aromatic rings. The first-order valence-electron chi connectivity index (χ1n) is 15.2. The van der Waals surface area contributed by atoms with Gasteiger partial charge < -0.3 is 24.1 Å². The Hall–Kier alpha value is -4.35. The van der Waals surface area contributed by atoms with Gasteiger partial charge in [-0.25, -0.2) is 14.2 Å². The fourth-order valence-corrected chi connectivity index (χ4v) is 4.79. The van der Waals surface area contributed by atoms with Crippen LogP contribution < -0.4 is 5.56 Å². The Morgan fingerprint density at radius 1 is 1.04 bits per heavy atom. The third kappa shape index (κ3) is 9.57. The molecule has 0 spiro atoms. The van der Waals surface area contributed by atoms with Crippen molar-refractivity contribution in [2.45, 2.75) is 72.4 Å². The van der Waals surface area contributed by atoms with E-state index in [-0.39, 0.29) is 47.9 Å². The van der Waals surface area contributed by atoms with Crippen molar-refractivity contribution in [2.24, 2.45) is 11.8 Å². The molecule has 244 valence electrons. The maximum Gasteiger partial charge on any atom is 0.409 e. The number of carbonyl (C=O) groups is 3. The zero-order valence-corrected chi connectivity index (χ0v) is 27.5. The summed E-state index contributed by atoms with van der Waals surface area (Å²) in [7, 11) is 6.28. The van der Waals surface area contributed by atoms with Crippen molar-refractivity contribution in [3.8, 4) is 0 Å². The molecule has 3 rings (SSSR count). The van der Waals surface area contributed by atoms with Crippen LogP contribution in [0, 0.1) is 17.7 Å². The molecule has 11 nitrogen and oxygen atoms in total. The molecule has 1 N–H and O–H groups in total. The standard InChI is InChI=1S/C33H45FN6O5/c1-20(2)15-23-14-13-22(17-26(41)27(45-33(44)39(7)8)11-9-10-12-29(42)38(5)6)32(43)40(23)19-28-36-30-24(34)18-35-25(16-21(3)4)31(30)37-28/h10,12-14,18,20-21,27H,9,11,15-17,19H2,1-8H3,(H,36,37)/b12-10+/t27-/m0/s1. The van der Waals surface area contributed by atoms with Gasteiger partial charge in [-0.3, -0.25) is 19.4 Å². The molecule has 0 fully saturated rings. The highest BCUT2D eigenvalue weighted by molar-refractivity contribution is 5.88. The number of hydrogen-bond donors (Lipinski definition) is 1. The fourth-order valence-electron chi connectivity index (χ4n) is 4.79. The molecular weight excluding hydrogens is 579 g/mol. The molecule has 0 bridgehead atoms. The van der Waals surface area contributed by atoms with E-state index < -0.39 is 23.8 Å². The Balaban J connectivity index is 1.94. The van der Waals surface area contributed by atoms with Gasteiger partial charge in [-0.05, 0) is 49.7 Å². The van der Waals surface area contributed by atoms with Crippen LogP contribution in [0.15, 0.2) is 35.3 Å². The summed E-state index contributed by atoms with van der Waals surface area (Å²) in [6.45, 7) is 8.22. The molecule has 3 aromatic heterocycles. The summed E-state index contributed by atoms with van der Waals surface area (Å²) in [6.07, 6.45) is 3.81. The first kappa shape index (κ1) is 35.1. The number of halogens is 1. The van der Waals surface area contributed by atoms with E-state index in [1.807, 2.05) is 33.8 Å². The van der Waals surface area contributed by atoms with Gasteiger partial charge >= 0.3 is 6.09 Å². The molecular formula is C33H45FN6O5. The fraction of sp³-hybridized carbons (Fsp3) is 0.515. The Labute approximate surface area is 263 Å². The number of nitrogens with one attached hydrogen (secondary N) is 1. The number of ketones is 1. The number of aromatic nitrogens is 4. The van der Waals surface area contributed by atoms with Crippen molar-refractivity contribution in [1.82, 2.24) is 29.3 Å². The average Bonchev–Trinajstić information content (AvgIpc) is 3.39. The van der Waals surface area contributed by atoms with Crippen LogP contribution in [0.2, 0.25) is 0 Å². The summed E-state index contributed by atoms with van der Waals surface area (Å²) < 4.78 is 21.7. The number of carbonyl (C=O) groups excluding carboxylic acids is 3. The van der Waals surface area contributed by atoms with Crippen molar-refractivity contribution in [3.05, 3.63) is 69.4 Å². The van der Waals surface area contributed by atoms with Crippen LogP contribution in [0.1, 0.15) is 63.3 Å². The highest BCUT2D eigenvalue weighted by atomic mass is 19.1. The Morgan fingerprint density at radius 2 is 1.73 bits per heavy atom. The summed E-state index contributed by atoms with van der Waals surface area (Å²) >= 11 is 0. The first-order valence-corrected chi connectivity index (χ1v) is 15.2. The van der Waals surface area contributed by atoms with E-state index in [0.29, 0.717) is 42.2 Å². The van der Waals surface area contributed by atoms with Gasteiger partial charge in [0.2, 0.25) is 5.91 Å². The number of hydrogen-bond acceptors (Lipinski definition) is 7. The van der Waals surface area contributed by atoms with Crippen molar-refractivity contribution in [2.75, 3.05) is 28.2 Å². The predicted molar refractivity (Wildman–Crippen MR) is 170 cm³/mol. The summed E-state index contributed by atoms with van der Waals surface area (Å²) in [5.41, 5.74) is 1.99. The third-order valence-electron chi connectivity index (χ3n) is 7.10. The minimum absolute atomic E-state index is 0.0435. The molecule has 12 heteroatoms. The molecule has 0 radical (unpaired) electrons. The Morgan fingerprint density at radius 3 is 2.36 bits per heavy atom. The quantitative estimate of drug-likeness (QED) is 0.265. The molecule has 1 atom stereocenters. The van der Waals surface area contributed by atoms with E-state index in [1.54, 1.807) is 30.8 Å². The lowest BCUT2D eigenvalue weighted by Crippen LogP contribution is -2.35. The van der Waals surface area contributed by atoms with Crippen LogP contribution in [0.4, 0.5) is 9.18 Å². The molecule has 0 unspecified atom stereocenters. The van der Waals surface area contributed by atoms with E-state index in [0.717, 1.165) is 5.69 Å². The van der Waals surface area contributed by atoms with Crippen molar-refractivity contribution in [1.29, 1.82) is 0 Å². The number of imidazole rings is 1. The monoisotopic (exact) mass is 624 g/mol. The lowest BCUT2D eigenvalue weighted by molar-refractivity contribution is -0.127. The van der Waals surface area contributed by atoms with Crippen LogP contribution in [-0.4, -0.2) is 81.4 Å². The highest BCUT2D eigenvalue weighted by Crippen LogP contribution is 2.21. The average molecular weight is 625 g/mol. The number of amides is 2. The summed E-state index contributed by atoms with van der Waals surface area (Å²) in [5, 5.41) is 0. The lowest BCUT2D eigenvalue weighted by atomic mass is 10.0. The molecule has 0 aliphatic carbocycles. The van der Waals surface area contributed by atoms with E-state index in [4.69, 9.17) is 4.74 Å². The van der Waals surface area contributed by atoms with Crippen LogP contribution in [0.3, 0.4) is 0 Å². The van der Waals surface area contributed by atoms with Gasteiger partial charge in [0.1, 0.15) is 11.3 Å². The second kappa shape index (κ2) is 15.6. The van der Waals surface area contributed by atoms with Crippen molar-refractivity contribution in [3.63, 3.8) is 0 Å². The number of Topliss-reactive ketones (excluding diaryl/α,β-unsaturated/α-hetero) is 1. The number of rotatable bonds is 14. The molecule has 3 heterocycles. The molecule has 0 saturated carbocycles. The van der Waals surface area contributed by atoms with Gasteiger partial charge in [-0.1, -0.05) is 39.8 Å². The highest BCUT2D eigenvalue weighted by Gasteiger charge is 2.25. The van der Waals surface area contributed by atoms with E-state index in [1.165, 1.54) is 36.2 Å². The van der Waals surface area contributed by atoms with Gasteiger partial charge in [-0.15, -0.1) is 0 Å². The first-order chi connectivity index (χ1) is 21.2. The molecule has 2 amide bonds. The normalized spacial score (nSPS) is 12.3. The van der Waals surface area contributed by atoms with Crippen molar-refractivity contribution < 1.29 is 23.5 Å². The third-order valence-corrected chi connectivity index (χ3v) is 7.10. The van der Waals surface area contributed by atoms with Gasteiger partial charge in [0, 0.05) is 45.9 Å². The van der Waals surface area contributed by atoms with Crippen molar-refractivity contribution >= 4 is 28.8 Å². The Kier molecular flexibility index (Phi) is 12.2. The summed E-state index contributed by atoms with van der Waals surface area (Å²) in [6, 6.07) is 3.45. The second-order valence-corrected chi connectivity index (χ2v) is 12.5. The smallest absolute Gasteiger partial charge is 0.409 e. The van der Waals surface area contributed by atoms with Crippen LogP contribution in [-0.2, 0) is 40.1 Å². The second-order valence-electron chi connectivity index (χ2n) is 12.5. The number of nitrogens with zero attached hydrogens (tertiary/aromatic N) is 5. The predicted octanol–water partition coefficient (Wildman–Crippen LogP) is 4.31. The number of ether oxygens (including phenoxy) is 1.